The van der Waals surface area contributed by atoms with Crippen LogP contribution in [0, 0.1) is 0 Å². The number of esters is 1. The minimum Gasteiger partial charge on any atom is -0.482 e. The summed E-state index contributed by atoms with van der Waals surface area (Å²) in [5, 5.41) is 0.364. The van der Waals surface area contributed by atoms with E-state index in [1.54, 1.807) is 18.2 Å². The molecule has 3 aromatic rings. The highest BCUT2D eigenvalue weighted by Crippen LogP contribution is 2.24. The molecule has 1 heterocycles. The molecule has 0 aliphatic carbocycles. The average molecular weight is 382 g/mol. The molecule has 0 saturated heterocycles. The lowest BCUT2D eigenvalue weighted by Crippen LogP contribution is -2.15. The number of carbonyl (C=O) groups excluding carboxylic acids is 1. The number of aryl methyl sites for hydroxylation is 1. The number of hydrogen-bond donors (Lipinski definition) is 0. The maximum Gasteiger partial charge on any atom is 0.344 e. The molecule has 0 aliphatic heterocycles. The third kappa shape index (κ3) is 4.71. The Hall–Kier alpha value is -3.28. The Bertz CT molecular complexity index is 1000. The maximum absolute atomic E-state index is 12.7. The summed E-state index contributed by atoms with van der Waals surface area (Å²) in [5.74, 6) is 0.636. The van der Waals surface area contributed by atoms with Gasteiger partial charge in [-0.2, -0.15) is 0 Å². The minimum absolute atomic E-state index is 0.105. The highest BCUT2D eigenvalue weighted by molar-refractivity contribution is 5.79. The second-order valence-electron chi connectivity index (χ2n) is 6.20. The topological polar surface area (TPSA) is 75.0 Å². The lowest BCUT2D eigenvalue weighted by atomic mass is 10.2. The van der Waals surface area contributed by atoms with Gasteiger partial charge in [-0.3, -0.25) is 4.79 Å². The first-order chi connectivity index (χ1) is 13.6. The number of rotatable bonds is 8. The Labute approximate surface area is 162 Å². The summed E-state index contributed by atoms with van der Waals surface area (Å²) in [5.41, 5.74) is 1.25. The zero-order valence-corrected chi connectivity index (χ0v) is 15.9. The molecule has 0 atom stereocenters. The lowest BCUT2D eigenvalue weighted by Gasteiger charge is -2.08. The highest BCUT2D eigenvalue weighted by atomic mass is 16.6. The molecule has 3 rings (SSSR count). The summed E-state index contributed by atoms with van der Waals surface area (Å²) in [7, 11) is 0. The van der Waals surface area contributed by atoms with Crippen LogP contribution in [0.5, 0.6) is 17.2 Å². The molecule has 0 fully saturated rings. The maximum atomic E-state index is 12.7. The normalized spacial score (nSPS) is 10.6. The molecule has 0 bridgehead atoms. The van der Waals surface area contributed by atoms with Crippen LogP contribution in [0.4, 0.5) is 0 Å². The van der Waals surface area contributed by atoms with E-state index in [0.29, 0.717) is 29.1 Å². The van der Waals surface area contributed by atoms with Gasteiger partial charge in [0.05, 0.1) is 12.0 Å². The Kier molecular flexibility index (Phi) is 6.32. The largest absolute Gasteiger partial charge is 0.482 e. The second kappa shape index (κ2) is 9.08. The van der Waals surface area contributed by atoms with Crippen molar-refractivity contribution >= 4 is 16.9 Å². The van der Waals surface area contributed by atoms with E-state index in [1.165, 1.54) is 11.8 Å². The van der Waals surface area contributed by atoms with Gasteiger partial charge in [0.25, 0.3) is 0 Å². The highest BCUT2D eigenvalue weighted by Gasteiger charge is 2.11. The summed E-state index contributed by atoms with van der Waals surface area (Å²) >= 11 is 0. The number of fused-ring (bicyclic) bond motifs is 1. The van der Waals surface area contributed by atoms with Gasteiger partial charge in [-0.05, 0) is 42.7 Å². The van der Waals surface area contributed by atoms with Crippen molar-refractivity contribution < 1.29 is 23.4 Å². The Balaban J connectivity index is 1.74. The molecule has 0 N–H and O–H groups in total. The van der Waals surface area contributed by atoms with Crippen molar-refractivity contribution in [3.63, 3.8) is 0 Å². The molecule has 0 amide bonds. The fourth-order valence-corrected chi connectivity index (χ4v) is 2.57. The number of hydrogen-bond acceptors (Lipinski definition) is 6. The van der Waals surface area contributed by atoms with Gasteiger partial charge in [0, 0.05) is 6.07 Å². The van der Waals surface area contributed by atoms with Crippen LogP contribution in [0.15, 0.2) is 57.9 Å². The first-order valence-corrected chi connectivity index (χ1v) is 9.21. The van der Waals surface area contributed by atoms with Crippen molar-refractivity contribution in [1.82, 2.24) is 0 Å². The predicted octanol–water partition coefficient (Wildman–Crippen LogP) is 4.48. The summed E-state index contributed by atoms with van der Waals surface area (Å²) < 4.78 is 21.5. The molecule has 146 valence electrons. The van der Waals surface area contributed by atoms with Crippen LogP contribution in [0.2, 0.25) is 0 Å². The van der Waals surface area contributed by atoms with Crippen molar-refractivity contribution in [2.75, 3.05) is 13.2 Å². The summed E-state index contributed by atoms with van der Waals surface area (Å²) in [4.78, 5) is 24.2. The summed E-state index contributed by atoms with van der Waals surface area (Å²) in [6, 6.07) is 12.3. The molecule has 28 heavy (non-hydrogen) atoms. The van der Waals surface area contributed by atoms with E-state index >= 15 is 0 Å². The number of carbonyl (C=O) groups is 1. The van der Waals surface area contributed by atoms with Gasteiger partial charge in [-0.1, -0.05) is 26.0 Å². The molecular weight excluding hydrogens is 360 g/mol. The number of ether oxygens (including phenoxy) is 3. The Morgan fingerprint density at radius 3 is 2.50 bits per heavy atom. The molecule has 6 heteroatoms. The van der Waals surface area contributed by atoms with Crippen LogP contribution < -0.4 is 14.9 Å². The van der Waals surface area contributed by atoms with E-state index in [0.717, 1.165) is 12.8 Å². The first-order valence-electron chi connectivity index (χ1n) is 9.21. The summed E-state index contributed by atoms with van der Waals surface area (Å²) in [6.07, 6.45) is 2.96. The molecule has 1 aromatic heterocycles. The van der Waals surface area contributed by atoms with Crippen molar-refractivity contribution in [1.29, 1.82) is 0 Å². The quantitative estimate of drug-likeness (QED) is 0.535. The molecule has 0 radical (unpaired) electrons. The van der Waals surface area contributed by atoms with Gasteiger partial charge < -0.3 is 18.6 Å². The predicted molar refractivity (Wildman–Crippen MR) is 105 cm³/mol. The van der Waals surface area contributed by atoms with E-state index in [9.17, 15) is 9.59 Å². The summed E-state index contributed by atoms with van der Waals surface area (Å²) in [6.45, 7) is 4.14. The molecule has 0 saturated carbocycles. The fraction of sp³-hybridized carbons (Fsp3) is 0.273. The van der Waals surface area contributed by atoms with Crippen molar-refractivity contribution in [3.05, 3.63) is 64.5 Å². The van der Waals surface area contributed by atoms with Crippen LogP contribution in [0.1, 0.15) is 25.8 Å². The Morgan fingerprint density at radius 1 is 1.04 bits per heavy atom. The van der Waals surface area contributed by atoms with Crippen molar-refractivity contribution in [2.24, 2.45) is 0 Å². The first kappa shape index (κ1) is 19.5. The third-order valence-electron chi connectivity index (χ3n) is 4.10. The van der Waals surface area contributed by atoms with Crippen LogP contribution in [0.3, 0.4) is 0 Å². The SMILES string of the molecule is CCCOC(=O)COc1ccc2c(=O)c(Oc3ccc(CC)cc3)coc2c1. The van der Waals surface area contributed by atoms with Crippen LogP contribution in [0.25, 0.3) is 11.0 Å². The smallest absolute Gasteiger partial charge is 0.344 e. The van der Waals surface area contributed by atoms with Crippen LogP contribution >= 0.6 is 0 Å². The molecule has 6 nitrogen and oxygen atoms in total. The van der Waals surface area contributed by atoms with Crippen molar-refractivity contribution in [2.45, 2.75) is 26.7 Å². The minimum atomic E-state index is -0.443. The van der Waals surface area contributed by atoms with Crippen LogP contribution in [-0.4, -0.2) is 19.2 Å². The van der Waals surface area contributed by atoms with Gasteiger partial charge >= 0.3 is 5.97 Å². The zero-order chi connectivity index (χ0) is 19.9. The standard InChI is InChI=1S/C22H22O6/c1-3-11-25-21(23)14-26-17-9-10-18-19(12-17)27-13-20(22(18)24)28-16-7-5-15(4-2)6-8-16/h5-10,12-13H,3-4,11,14H2,1-2H3. The monoisotopic (exact) mass is 382 g/mol. The van der Waals surface area contributed by atoms with Gasteiger partial charge in [0.1, 0.15) is 23.3 Å². The van der Waals surface area contributed by atoms with Gasteiger partial charge in [0.2, 0.25) is 11.2 Å². The van der Waals surface area contributed by atoms with Crippen LogP contribution in [-0.2, 0) is 16.0 Å². The Morgan fingerprint density at radius 2 is 1.79 bits per heavy atom. The molecular formula is C22H22O6. The van der Waals surface area contributed by atoms with Gasteiger partial charge in [-0.25, -0.2) is 4.79 Å². The van der Waals surface area contributed by atoms with Gasteiger partial charge in [0.15, 0.2) is 6.61 Å². The second-order valence-corrected chi connectivity index (χ2v) is 6.20. The van der Waals surface area contributed by atoms with E-state index in [4.69, 9.17) is 18.6 Å². The van der Waals surface area contributed by atoms with E-state index in [1.807, 2.05) is 31.2 Å². The molecule has 0 aliphatic rings. The van der Waals surface area contributed by atoms with E-state index in [-0.39, 0.29) is 17.8 Å². The fourth-order valence-electron chi connectivity index (χ4n) is 2.57. The molecule has 0 unspecified atom stereocenters. The third-order valence-corrected chi connectivity index (χ3v) is 4.10. The zero-order valence-electron chi connectivity index (χ0n) is 15.9. The molecule has 0 spiro atoms. The number of benzene rings is 2. The van der Waals surface area contributed by atoms with Crippen molar-refractivity contribution in [3.8, 4) is 17.2 Å². The average Bonchev–Trinajstić information content (AvgIpc) is 2.73. The van der Waals surface area contributed by atoms with E-state index in [2.05, 4.69) is 6.92 Å². The van der Waals surface area contributed by atoms with Gasteiger partial charge in [-0.15, -0.1) is 0 Å². The lowest BCUT2D eigenvalue weighted by molar-refractivity contribution is -0.146. The molecule has 2 aromatic carbocycles. The van der Waals surface area contributed by atoms with E-state index < -0.39 is 5.97 Å².